The number of oxazole rings is 1. The number of likely N-dealkylation sites (N-methyl/N-ethyl adjacent to an activating group) is 1. The van der Waals surface area contributed by atoms with Crippen molar-refractivity contribution >= 4 is 34.6 Å². The number of carbonyl (C=O) groups excluding carboxylic acids is 2. The van der Waals surface area contributed by atoms with Crippen LogP contribution in [-0.4, -0.2) is 39.7 Å². The van der Waals surface area contributed by atoms with E-state index in [9.17, 15) is 19.7 Å². The molecule has 1 aliphatic heterocycles. The molecule has 9 heteroatoms. The summed E-state index contributed by atoms with van der Waals surface area (Å²) in [6.45, 7) is 0. The minimum absolute atomic E-state index is 0.0220. The predicted molar refractivity (Wildman–Crippen MR) is 70.5 cm³/mol. The van der Waals surface area contributed by atoms with Crippen LogP contribution in [0.25, 0.3) is 11.1 Å². The number of carbonyl (C=O) groups is 2. The molecule has 0 spiro atoms. The van der Waals surface area contributed by atoms with Crippen LogP contribution in [-0.2, 0) is 9.59 Å². The average Bonchev–Trinajstić information content (AvgIpc) is 2.95. The van der Waals surface area contributed by atoms with Gasteiger partial charge in [-0.1, -0.05) is 0 Å². The number of hydrogen-bond donors (Lipinski definition) is 1. The Kier molecular flexibility index (Phi) is 2.82. The molecule has 1 atom stereocenters. The van der Waals surface area contributed by atoms with Crippen LogP contribution in [0.5, 0.6) is 0 Å². The number of hydrogen-bond acceptors (Lipinski definition) is 7. The summed E-state index contributed by atoms with van der Waals surface area (Å²) < 4.78 is 5.33. The number of anilines is 1. The third-order valence-electron chi connectivity index (χ3n) is 3.26. The summed E-state index contributed by atoms with van der Waals surface area (Å²) in [4.78, 5) is 38.4. The first-order chi connectivity index (χ1) is 9.95. The van der Waals surface area contributed by atoms with Crippen LogP contribution in [0.3, 0.4) is 0 Å². The van der Waals surface area contributed by atoms with Crippen LogP contribution >= 0.6 is 0 Å². The highest BCUT2D eigenvalue weighted by molar-refractivity contribution is 6.06. The maximum Gasteiger partial charge on any atom is 0.296 e. The number of nitrogens with zero attached hydrogens (tertiary/aromatic N) is 3. The van der Waals surface area contributed by atoms with Crippen molar-refractivity contribution in [2.45, 2.75) is 12.5 Å². The quantitative estimate of drug-likeness (QED) is 0.506. The first kappa shape index (κ1) is 13.0. The van der Waals surface area contributed by atoms with Gasteiger partial charge < -0.3 is 9.73 Å². The van der Waals surface area contributed by atoms with Crippen molar-refractivity contribution in [3.05, 3.63) is 28.3 Å². The number of amides is 2. The minimum atomic E-state index is -0.731. The van der Waals surface area contributed by atoms with Gasteiger partial charge in [-0.3, -0.25) is 24.6 Å². The van der Waals surface area contributed by atoms with Crippen LogP contribution < -0.4 is 5.32 Å². The van der Waals surface area contributed by atoms with Crippen LogP contribution in [0.1, 0.15) is 6.42 Å². The molecule has 9 nitrogen and oxygen atoms in total. The molecule has 1 fully saturated rings. The largest absolute Gasteiger partial charge is 0.423 e. The van der Waals surface area contributed by atoms with Gasteiger partial charge >= 0.3 is 0 Å². The minimum Gasteiger partial charge on any atom is -0.423 e. The number of aromatic nitrogens is 1. The summed E-state index contributed by atoms with van der Waals surface area (Å²) in [6.07, 6.45) is 0.0220. The molecule has 2 aromatic rings. The van der Waals surface area contributed by atoms with Gasteiger partial charge in [0.25, 0.3) is 17.6 Å². The third-order valence-corrected chi connectivity index (χ3v) is 3.26. The molecule has 1 aromatic heterocycles. The van der Waals surface area contributed by atoms with Crippen LogP contribution in [0.4, 0.5) is 11.7 Å². The van der Waals surface area contributed by atoms with E-state index < -0.39 is 11.0 Å². The molecule has 21 heavy (non-hydrogen) atoms. The van der Waals surface area contributed by atoms with Crippen LogP contribution in [0.2, 0.25) is 0 Å². The van der Waals surface area contributed by atoms with Crippen molar-refractivity contribution in [1.29, 1.82) is 0 Å². The van der Waals surface area contributed by atoms with Crippen molar-refractivity contribution in [2.75, 3.05) is 12.4 Å². The molecule has 1 saturated heterocycles. The van der Waals surface area contributed by atoms with Crippen LogP contribution in [0, 0.1) is 10.1 Å². The van der Waals surface area contributed by atoms with Gasteiger partial charge in [0.05, 0.1) is 17.4 Å². The zero-order valence-corrected chi connectivity index (χ0v) is 10.9. The molecule has 1 aliphatic rings. The van der Waals surface area contributed by atoms with E-state index in [-0.39, 0.29) is 35.5 Å². The Hall–Kier alpha value is -2.97. The molecular weight excluding hydrogens is 280 g/mol. The summed E-state index contributed by atoms with van der Waals surface area (Å²) in [5, 5.41) is 13.4. The molecule has 1 N–H and O–H groups in total. The molecule has 108 valence electrons. The van der Waals surface area contributed by atoms with Crippen molar-refractivity contribution < 1.29 is 18.9 Å². The average molecular weight is 290 g/mol. The second-order valence-electron chi connectivity index (χ2n) is 4.62. The highest BCUT2D eigenvalue weighted by atomic mass is 16.6. The second-order valence-corrected chi connectivity index (χ2v) is 4.62. The van der Waals surface area contributed by atoms with E-state index in [2.05, 4.69) is 10.3 Å². The molecule has 1 unspecified atom stereocenters. The Labute approximate surface area is 117 Å². The lowest BCUT2D eigenvalue weighted by atomic mass is 10.2. The molecule has 0 radical (unpaired) electrons. The smallest absolute Gasteiger partial charge is 0.296 e. The summed E-state index contributed by atoms with van der Waals surface area (Å²) in [5.41, 5.74) is 0.544. The number of nitro groups is 1. The highest BCUT2D eigenvalue weighted by Gasteiger charge is 2.36. The number of imide groups is 1. The fourth-order valence-electron chi connectivity index (χ4n) is 2.11. The molecule has 3 rings (SSSR count). The number of fused-ring (bicyclic) bond motifs is 1. The standard InChI is InChI=1S/C12H10N4O5/c1-15-10(17)5-8(11(15)18)14-12-13-7-3-2-6(16(19)20)4-9(7)21-12/h2-4,8H,5H2,1H3,(H,13,14). The van der Waals surface area contributed by atoms with Gasteiger partial charge in [-0.05, 0) is 6.07 Å². The number of nitro benzene ring substituents is 1. The Morgan fingerprint density at radius 2 is 2.24 bits per heavy atom. The molecule has 0 bridgehead atoms. The predicted octanol–water partition coefficient (Wildman–Crippen LogP) is 0.905. The third kappa shape index (κ3) is 2.18. The normalized spacial score (nSPS) is 18.5. The van der Waals surface area contributed by atoms with E-state index in [4.69, 9.17) is 4.42 Å². The van der Waals surface area contributed by atoms with Crippen molar-refractivity contribution in [1.82, 2.24) is 9.88 Å². The summed E-state index contributed by atoms with van der Waals surface area (Å²) in [5.74, 6) is -0.655. The maximum atomic E-state index is 11.8. The van der Waals surface area contributed by atoms with E-state index in [1.54, 1.807) is 0 Å². The van der Waals surface area contributed by atoms with Crippen molar-refractivity contribution in [3.8, 4) is 0 Å². The maximum absolute atomic E-state index is 11.8. The summed E-state index contributed by atoms with van der Waals surface area (Å²) in [7, 11) is 1.40. The Balaban J connectivity index is 1.87. The van der Waals surface area contributed by atoms with Gasteiger partial charge in [0.2, 0.25) is 5.91 Å². The van der Waals surface area contributed by atoms with Gasteiger partial charge in [-0.2, -0.15) is 4.98 Å². The Morgan fingerprint density at radius 1 is 1.48 bits per heavy atom. The molecular formula is C12H10N4O5. The molecule has 2 heterocycles. The first-order valence-corrected chi connectivity index (χ1v) is 6.07. The van der Waals surface area contributed by atoms with E-state index >= 15 is 0 Å². The number of nitrogens with one attached hydrogen (secondary N) is 1. The number of likely N-dealkylation sites (tertiary alicyclic amines) is 1. The molecule has 2 amide bonds. The monoisotopic (exact) mass is 290 g/mol. The summed E-state index contributed by atoms with van der Waals surface area (Å²) in [6, 6.07) is 3.33. The number of rotatable bonds is 3. The van der Waals surface area contributed by atoms with E-state index in [0.717, 1.165) is 4.90 Å². The lowest BCUT2D eigenvalue weighted by Gasteiger charge is -2.08. The Bertz CT molecular complexity index is 768. The Morgan fingerprint density at radius 3 is 2.86 bits per heavy atom. The lowest BCUT2D eigenvalue weighted by molar-refractivity contribution is -0.384. The van der Waals surface area contributed by atoms with Crippen molar-refractivity contribution in [2.24, 2.45) is 0 Å². The van der Waals surface area contributed by atoms with E-state index in [0.29, 0.717) is 5.52 Å². The SMILES string of the molecule is CN1C(=O)CC(Nc2nc3ccc([N+](=O)[O-])cc3o2)C1=O. The van der Waals surface area contributed by atoms with Gasteiger partial charge in [0, 0.05) is 13.1 Å². The molecule has 0 aliphatic carbocycles. The van der Waals surface area contributed by atoms with Crippen LogP contribution in [0.15, 0.2) is 22.6 Å². The lowest BCUT2D eigenvalue weighted by Crippen LogP contribution is -2.31. The topological polar surface area (TPSA) is 119 Å². The van der Waals surface area contributed by atoms with E-state index in [1.165, 1.54) is 25.2 Å². The zero-order valence-electron chi connectivity index (χ0n) is 10.9. The van der Waals surface area contributed by atoms with Gasteiger partial charge in [0.15, 0.2) is 5.58 Å². The molecule has 0 saturated carbocycles. The fourth-order valence-corrected chi connectivity index (χ4v) is 2.11. The summed E-state index contributed by atoms with van der Waals surface area (Å²) >= 11 is 0. The van der Waals surface area contributed by atoms with Gasteiger partial charge in [0.1, 0.15) is 11.6 Å². The highest BCUT2D eigenvalue weighted by Crippen LogP contribution is 2.25. The van der Waals surface area contributed by atoms with Crippen molar-refractivity contribution in [3.63, 3.8) is 0 Å². The number of benzene rings is 1. The van der Waals surface area contributed by atoms with Gasteiger partial charge in [-0.15, -0.1) is 0 Å². The second kappa shape index (κ2) is 4.54. The zero-order chi connectivity index (χ0) is 15.1. The van der Waals surface area contributed by atoms with Gasteiger partial charge in [-0.25, -0.2) is 0 Å². The first-order valence-electron chi connectivity index (χ1n) is 6.07. The number of non-ortho nitro benzene ring substituents is 1. The van der Waals surface area contributed by atoms with E-state index in [1.807, 2.05) is 0 Å². The fraction of sp³-hybridized carbons (Fsp3) is 0.250. The molecule has 1 aromatic carbocycles.